The number of fused-ring (bicyclic) bond motifs is 1. The summed E-state index contributed by atoms with van der Waals surface area (Å²) in [4.78, 5) is 12.9. The van der Waals surface area contributed by atoms with Gasteiger partial charge < -0.3 is 0 Å². The van der Waals surface area contributed by atoms with Gasteiger partial charge in [0.15, 0.2) is 5.78 Å². The lowest BCUT2D eigenvalue weighted by atomic mass is 9.94. The average molecular weight is 318 g/mol. The molecule has 0 saturated heterocycles. The molecule has 124 valence electrons. The third-order valence-electron chi connectivity index (χ3n) is 4.86. The van der Waals surface area contributed by atoms with Crippen LogP contribution in [0.25, 0.3) is 5.57 Å². The molecule has 1 heteroatoms. The molecule has 0 amide bonds. The van der Waals surface area contributed by atoms with Gasteiger partial charge in [0.2, 0.25) is 0 Å². The van der Waals surface area contributed by atoms with Crippen LogP contribution in [0.1, 0.15) is 62.1 Å². The molecule has 1 aliphatic rings. The van der Waals surface area contributed by atoms with Crippen LogP contribution >= 0.6 is 0 Å². The first-order valence-electron chi connectivity index (χ1n) is 9.21. The first kappa shape index (κ1) is 16.7. The summed E-state index contributed by atoms with van der Waals surface area (Å²) in [5, 5.41) is 0. The van der Waals surface area contributed by atoms with Gasteiger partial charge in [-0.25, -0.2) is 0 Å². The first-order valence-corrected chi connectivity index (χ1v) is 9.21. The SMILES string of the molecule is CCCCCCCC(=O)C1=C(c2ccccc2)c2ccccc2C1. The van der Waals surface area contributed by atoms with E-state index in [0.29, 0.717) is 12.2 Å². The molecule has 0 N–H and O–H groups in total. The fraction of sp³-hybridized carbons (Fsp3) is 0.348. The molecule has 0 bridgehead atoms. The topological polar surface area (TPSA) is 17.1 Å². The first-order chi connectivity index (χ1) is 11.8. The molecule has 1 aliphatic carbocycles. The summed E-state index contributed by atoms with van der Waals surface area (Å²) < 4.78 is 0. The minimum atomic E-state index is 0.335. The molecule has 0 spiro atoms. The van der Waals surface area contributed by atoms with E-state index in [4.69, 9.17) is 0 Å². The number of carbonyl (C=O) groups is 1. The van der Waals surface area contributed by atoms with Crippen molar-refractivity contribution in [2.45, 2.75) is 51.9 Å². The van der Waals surface area contributed by atoms with Crippen molar-refractivity contribution in [2.75, 3.05) is 0 Å². The van der Waals surface area contributed by atoms with E-state index in [1.165, 1.54) is 36.8 Å². The van der Waals surface area contributed by atoms with Crippen LogP contribution in [0.15, 0.2) is 60.2 Å². The summed E-state index contributed by atoms with van der Waals surface area (Å²) in [7, 11) is 0. The quantitative estimate of drug-likeness (QED) is 0.548. The number of carbonyl (C=O) groups excluding carboxylic acids is 1. The highest BCUT2D eigenvalue weighted by atomic mass is 16.1. The molecular formula is C23H26O. The molecule has 24 heavy (non-hydrogen) atoms. The maximum Gasteiger partial charge on any atom is 0.159 e. The Morgan fingerprint density at radius 2 is 1.58 bits per heavy atom. The van der Waals surface area contributed by atoms with E-state index in [1.807, 2.05) is 6.07 Å². The molecule has 0 aliphatic heterocycles. The predicted molar refractivity (Wildman–Crippen MR) is 101 cm³/mol. The van der Waals surface area contributed by atoms with E-state index in [0.717, 1.165) is 29.6 Å². The zero-order chi connectivity index (χ0) is 16.8. The molecule has 0 atom stereocenters. The van der Waals surface area contributed by atoms with E-state index >= 15 is 0 Å². The highest BCUT2D eigenvalue weighted by Gasteiger charge is 2.26. The van der Waals surface area contributed by atoms with Gasteiger partial charge >= 0.3 is 0 Å². The predicted octanol–water partition coefficient (Wildman–Crippen LogP) is 5.97. The minimum Gasteiger partial charge on any atom is -0.295 e. The normalized spacial score (nSPS) is 13.2. The van der Waals surface area contributed by atoms with E-state index in [2.05, 4.69) is 55.5 Å². The Balaban J connectivity index is 1.82. The summed E-state index contributed by atoms with van der Waals surface area (Å²) in [6.07, 6.45) is 7.41. The Bertz CT molecular complexity index is 725. The van der Waals surface area contributed by atoms with Crippen molar-refractivity contribution in [3.8, 4) is 0 Å². The maximum atomic E-state index is 12.9. The van der Waals surface area contributed by atoms with Gasteiger partial charge in [-0.2, -0.15) is 0 Å². The Morgan fingerprint density at radius 1 is 0.875 bits per heavy atom. The molecule has 2 aromatic rings. The zero-order valence-corrected chi connectivity index (χ0v) is 14.6. The van der Waals surface area contributed by atoms with Crippen molar-refractivity contribution >= 4 is 11.4 Å². The monoisotopic (exact) mass is 318 g/mol. The van der Waals surface area contributed by atoms with E-state index in [9.17, 15) is 4.79 Å². The molecule has 0 saturated carbocycles. The van der Waals surface area contributed by atoms with Crippen molar-refractivity contribution < 1.29 is 4.79 Å². The van der Waals surface area contributed by atoms with Crippen molar-refractivity contribution in [2.24, 2.45) is 0 Å². The number of allylic oxidation sites excluding steroid dienone is 1. The van der Waals surface area contributed by atoms with Crippen LogP contribution in [0, 0.1) is 0 Å². The van der Waals surface area contributed by atoms with Gasteiger partial charge in [0.05, 0.1) is 0 Å². The minimum absolute atomic E-state index is 0.335. The van der Waals surface area contributed by atoms with Gasteiger partial charge in [-0.3, -0.25) is 4.79 Å². The summed E-state index contributed by atoms with van der Waals surface area (Å²) in [6.45, 7) is 2.22. The second-order valence-corrected chi connectivity index (χ2v) is 6.64. The largest absolute Gasteiger partial charge is 0.295 e. The van der Waals surface area contributed by atoms with E-state index < -0.39 is 0 Å². The highest BCUT2D eigenvalue weighted by molar-refractivity contribution is 6.08. The third kappa shape index (κ3) is 3.67. The average Bonchev–Trinajstić information content (AvgIpc) is 3.02. The number of hydrogen-bond acceptors (Lipinski definition) is 1. The highest BCUT2D eigenvalue weighted by Crippen LogP contribution is 2.38. The van der Waals surface area contributed by atoms with Crippen molar-refractivity contribution in [1.82, 2.24) is 0 Å². The summed E-state index contributed by atoms with van der Waals surface area (Å²) in [5.41, 5.74) is 5.85. The van der Waals surface area contributed by atoms with Crippen molar-refractivity contribution in [3.63, 3.8) is 0 Å². The Labute approximate surface area is 145 Å². The fourth-order valence-electron chi connectivity index (χ4n) is 3.57. The standard InChI is InChI=1S/C23H26O/c1-2-3-4-5-9-16-22(24)21-17-19-14-10-11-15-20(19)23(21)18-12-7-6-8-13-18/h6-8,10-15H,2-5,9,16-17H2,1H3. The second-order valence-electron chi connectivity index (χ2n) is 6.64. The molecule has 0 aromatic heterocycles. The number of hydrogen-bond donors (Lipinski definition) is 0. The van der Waals surface area contributed by atoms with Gasteiger partial charge in [-0.15, -0.1) is 0 Å². The van der Waals surface area contributed by atoms with Crippen LogP contribution in [-0.2, 0) is 11.2 Å². The van der Waals surface area contributed by atoms with Crippen molar-refractivity contribution in [1.29, 1.82) is 0 Å². The number of benzene rings is 2. The van der Waals surface area contributed by atoms with Crippen LogP contribution in [0.3, 0.4) is 0 Å². The number of Topliss-reactive ketones (excluding diaryl/α,β-unsaturated/α-hetero) is 1. The van der Waals surface area contributed by atoms with Gasteiger partial charge in [0, 0.05) is 18.4 Å². The molecular weight excluding hydrogens is 292 g/mol. The zero-order valence-electron chi connectivity index (χ0n) is 14.6. The van der Waals surface area contributed by atoms with E-state index in [-0.39, 0.29) is 0 Å². The van der Waals surface area contributed by atoms with Gasteiger partial charge in [-0.1, -0.05) is 87.2 Å². The maximum absolute atomic E-state index is 12.9. The Kier molecular flexibility index (Phi) is 5.63. The summed E-state index contributed by atoms with van der Waals surface area (Å²) in [5.74, 6) is 0.335. The van der Waals surface area contributed by atoms with Gasteiger partial charge in [0.25, 0.3) is 0 Å². The van der Waals surface area contributed by atoms with E-state index in [1.54, 1.807) is 0 Å². The Hall–Kier alpha value is -2.15. The van der Waals surface area contributed by atoms with Crippen LogP contribution < -0.4 is 0 Å². The molecule has 2 aromatic carbocycles. The number of rotatable bonds is 8. The van der Waals surface area contributed by atoms with Gasteiger partial charge in [-0.05, 0) is 28.7 Å². The second kappa shape index (κ2) is 8.10. The van der Waals surface area contributed by atoms with Crippen molar-refractivity contribution in [3.05, 3.63) is 76.9 Å². The van der Waals surface area contributed by atoms with Gasteiger partial charge in [0.1, 0.15) is 0 Å². The molecule has 0 fully saturated rings. The summed E-state index contributed by atoms with van der Waals surface area (Å²) >= 11 is 0. The van der Waals surface area contributed by atoms with Crippen LogP contribution in [0.2, 0.25) is 0 Å². The Morgan fingerprint density at radius 3 is 2.38 bits per heavy atom. The molecule has 1 nitrogen and oxygen atoms in total. The molecule has 0 unspecified atom stereocenters. The fourth-order valence-corrected chi connectivity index (χ4v) is 3.57. The molecule has 0 radical (unpaired) electrons. The number of ketones is 1. The molecule has 3 rings (SSSR count). The lowest BCUT2D eigenvalue weighted by Crippen LogP contribution is -2.04. The van der Waals surface area contributed by atoms with Crippen LogP contribution in [0.5, 0.6) is 0 Å². The number of unbranched alkanes of at least 4 members (excludes halogenated alkanes) is 4. The lowest BCUT2D eigenvalue weighted by Gasteiger charge is -2.09. The summed E-state index contributed by atoms with van der Waals surface area (Å²) in [6, 6.07) is 18.8. The lowest BCUT2D eigenvalue weighted by molar-refractivity contribution is -0.115. The van der Waals surface area contributed by atoms with Crippen LogP contribution in [-0.4, -0.2) is 5.78 Å². The van der Waals surface area contributed by atoms with Crippen LogP contribution in [0.4, 0.5) is 0 Å². The smallest absolute Gasteiger partial charge is 0.159 e. The molecule has 0 heterocycles. The third-order valence-corrected chi connectivity index (χ3v) is 4.86.